The lowest BCUT2D eigenvalue weighted by Gasteiger charge is -2.13. The van der Waals surface area contributed by atoms with E-state index in [9.17, 15) is 9.59 Å². The number of carbonyl (C=O) groups is 2. The van der Waals surface area contributed by atoms with Crippen LogP contribution in [0.25, 0.3) is 16.7 Å². The van der Waals surface area contributed by atoms with Crippen LogP contribution in [0.4, 0.5) is 17.2 Å². The summed E-state index contributed by atoms with van der Waals surface area (Å²) in [6.45, 7) is 3.31. The Morgan fingerprint density at radius 1 is 0.917 bits per heavy atom. The number of amides is 1. The number of fused-ring (bicyclic) bond motifs is 1. The van der Waals surface area contributed by atoms with Crippen molar-refractivity contribution >= 4 is 39.7 Å². The first-order valence-corrected chi connectivity index (χ1v) is 11.1. The van der Waals surface area contributed by atoms with Crippen molar-refractivity contribution in [1.29, 1.82) is 0 Å². The number of hydrogen-bond donors (Lipinski definition) is 3. The summed E-state index contributed by atoms with van der Waals surface area (Å²) < 4.78 is 1.33. The average Bonchev–Trinajstić information content (AvgIpc) is 3.28. The van der Waals surface area contributed by atoms with Crippen LogP contribution in [0.5, 0.6) is 0 Å². The van der Waals surface area contributed by atoms with E-state index in [-0.39, 0.29) is 17.5 Å². The molecule has 0 spiro atoms. The molecule has 2 heterocycles. The molecule has 3 aromatic carbocycles. The average molecular weight is 480 g/mol. The van der Waals surface area contributed by atoms with Gasteiger partial charge >= 0.3 is 0 Å². The van der Waals surface area contributed by atoms with E-state index in [1.807, 2.05) is 67.6 Å². The Hall–Kier alpha value is -5.05. The zero-order valence-corrected chi connectivity index (χ0v) is 19.8. The Labute approximate surface area is 207 Å². The Balaban J connectivity index is 0.000000179. The second kappa shape index (κ2) is 10.5. The lowest BCUT2D eigenvalue weighted by atomic mass is 9.97. The first-order chi connectivity index (χ1) is 17.4. The maximum absolute atomic E-state index is 12.6. The van der Waals surface area contributed by atoms with Crippen molar-refractivity contribution < 1.29 is 9.59 Å². The maximum Gasteiger partial charge on any atom is 0.256 e. The molecule has 1 amide bonds. The molecule has 0 radical (unpaired) electrons. The lowest BCUT2D eigenvalue weighted by Crippen LogP contribution is -2.14. The standard InChI is InChI=1S/C18H16N2O.C9H9N5O/c1-12-16(19)11-13-7-5-6-10-15(13)17(12)18(21)20-14-8-3-2-4-9-14;1-6(15)7-5-13-14(8(7)10)9-11-3-2-4-12-9/h2-11H,19H2,1H3,(H,20,21);2-5H,10H2,1H3. The highest BCUT2D eigenvalue weighted by Crippen LogP contribution is 2.28. The monoisotopic (exact) mass is 479 g/mol. The quantitative estimate of drug-likeness (QED) is 0.256. The Kier molecular flexibility index (Phi) is 7.01. The fraction of sp³-hybridized carbons (Fsp3) is 0.0741. The van der Waals surface area contributed by atoms with Gasteiger partial charge in [0.05, 0.1) is 17.3 Å². The van der Waals surface area contributed by atoms with Gasteiger partial charge in [-0.1, -0.05) is 42.5 Å². The first kappa shape index (κ1) is 24.1. The summed E-state index contributed by atoms with van der Waals surface area (Å²) >= 11 is 0. The third kappa shape index (κ3) is 5.05. The zero-order chi connectivity index (χ0) is 25.7. The van der Waals surface area contributed by atoms with Gasteiger partial charge in [0.1, 0.15) is 5.82 Å². The normalized spacial score (nSPS) is 10.4. The van der Waals surface area contributed by atoms with Crippen molar-refractivity contribution in [2.75, 3.05) is 16.8 Å². The number of aromatic nitrogens is 4. The fourth-order valence-corrected chi connectivity index (χ4v) is 3.67. The van der Waals surface area contributed by atoms with Crippen LogP contribution in [0.2, 0.25) is 0 Å². The summed E-state index contributed by atoms with van der Waals surface area (Å²) in [6.07, 6.45) is 4.57. The van der Waals surface area contributed by atoms with Gasteiger partial charge in [0.25, 0.3) is 11.9 Å². The molecule has 0 atom stereocenters. The summed E-state index contributed by atoms with van der Waals surface area (Å²) in [4.78, 5) is 31.7. The van der Waals surface area contributed by atoms with E-state index >= 15 is 0 Å². The summed E-state index contributed by atoms with van der Waals surface area (Å²) in [5.41, 5.74) is 15.0. The first-order valence-electron chi connectivity index (χ1n) is 11.1. The minimum atomic E-state index is -0.137. The summed E-state index contributed by atoms with van der Waals surface area (Å²) in [7, 11) is 0. The van der Waals surface area contributed by atoms with Gasteiger partial charge in [-0.25, -0.2) is 9.97 Å². The van der Waals surface area contributed by atoms with Crippen LogP contribution in [0, 0.1) is 6.92 Å². The van der Waals surface area contributed by atoms with Gasteiger partial charge in [0, 0.05) is 23.8 Å². The molecule has 9 heteroatoms. The van der Waals surface area contributed by atoms with E-state index < -0.39 is 0 Å². The highest BCUT2D eigenvalue weighted by Gasteiger charge is 2.16. The molecule has 0 aliphatic carbocycles. The summed E-state index contributed by atoms with van der Waals surface area (Å²) in [6, 6.07) is 20.8. The number of anilines is 3. The number of carbonyl (C=O) groups excluding carboxylic acids is 2. The molecule has 5 aromatic rings. The van der Waals surface area contributed by atoms with Gasteiger partial charge in [-0.3, -0.25) is 9.59 Å². The van der Waals surface area contributed by atoms with Gasteiger partial charge < -0.3 is 16.8 Å². The highest BCUT2D eigenvalue weighted by atomic mass is 16.1. The summed E-state index contributed by atoms with van der Waals surface area (Å²) in [5, 5.41) is 8.76. The molecule has 0 saturated carbocycles. The van der Waals surface area contributed by atoms with Gasteiger partial charge in [0.15, 0.2) is 5.78 Å². The van der Waals surface area contributed by atoms with E-state index in [1.54, 1.807) is 18.5 Å². The predicted molar refractivity (Wildman–Crippen MR) is 141 cm³/mol. The van der Waals surface area contributed by atoms with Crippen LogP contribution in [0.3, 0.4) is 0 Å². The SMILES string of the molecule is CC(=O)c1cnn(-c2ncccn2)c1N.Cc1c(N)cc2ccccc2c1C(=O)Nc1ccccc1. The van der Waals surface area contributed by atoms with Crippen molar-refractivity contribution in [3.8, 4) is 5.95 Å². The molecule has 0 bridgehead atoms. The van der Waals surface area contributed by atoms with Crippen molar-refractivity contribution in [1.82, 2.24) is 19.7 Å². The van der Waals surface area contributed by atoms with Crippen molar-refractivity contribution in [2.45, 2.75) is 13.8 Å². The second-order valence-electron chi connectivity index (χ2n) is 7.97. The minimum absolute atomic E-state index is 0.130. The Morgan fingerprint density at radius 2 is 1.58 bits per heavy atom. The molecule has 180 valence electrons. The number of nitrogen functional groups attached to an aromatic ring is 2. The van der Waals surface area contributed by atoms with Crippen molar-refractivity contribution in [3.63, 3.8) is 0 Å². The number of Topliss-reactive ketones (excluding diaryl/α,β-unsaturated/α-hetero) is 1. The zero-order valence-electron chi connectivity index (χ0n) is 19.8. The van der Waals surface area contributed by atoms with Crippen LogP contribution in [0.15, 0.2) is 85.3 Å². The Morgan fingerprint density at radius 3 is 2.25 bits per heavy atom. The molecule has 0 fully saturated rings. The third-order valence-electron chi connectivity index (χ3n) is 5.54. The smallest absolute Gasteiger partial charge is 0.256 e. The highest BCUT2D eigenvalue weighted by molar-refractivity contribution is 6.15. The molecule has 0 aliphatic rings. The number of benzene rings is 3. The Bertz CT molecular complexity index is 1530. The number of nitrogens with two attached hydrogens (primary N) is 2. The number of nitrogens with zero attached hydrogens (tertiary/aromatic N) is 4. The molecular formula is C27H25N7O2. The number of rotatable bonds is 4. The molecule has 0 unspecified atom stereocenters. The van der Waals surface area contributed by atoms with E-state index in [1.165, 1.54) is 17.8 Å². The molecule has 2 aromatic heterocycles. The van der Waals surface area contributed by atoms with Gasteiger partial charge in [-0.2, -0.15) is 9.78 Å². The van der Waals surface area contributed by atoms with Crippen LogP contribution < -0.4 is 16.8 Å². The number of para-hydroxylation sites is 1. The van der Waals surface area contributed by atoms with Crippen molar-refractivity contribution in [3.05, 3.63) is 102 Å². The van der Waals surface area contributed by atoms with E-state index in [4.69, 9.17) is 11.5 Å². The molecule has 5 N–H and O–H groups in total. The predicted octanol–water partition coefficient (Wildman–Crippen LogP) is 4.43. The van der Waals surface area contributed by atoms with Crippen molar-refractivity contribution in [2.24, 2.45) is 0 Å². The molecular weight excluding hydrogens is 454 g/mol. The largest absolute Gasteiger partial charge is 0.398 e. The maximum atomic E-state index is 12.6. The molecule has 9 nitrogen and oxygen atoms in total. The van der Waals surface area contributed by atoms with Gasteiger partial charge in [-0.15, -0.1) is 0 Å². The fourth-order valence-electron chi connectivity index (χ4n) is 3.67. The minimum Gasteiger partial charge on any atom is -0.398 e. The van der Waals surface area contributed by atoms with E-state index in [0.717, 1.165) is 22.0 Å². The lowest BCUT2D eigenvalue weighted by molar-refractivity contribution is 0.101. The molecule has 36 heavy (non-hydrogen) atoms. The van der Waals surface area contributed by atoms with Crippen LogP contribution in [-0.4, -0.2) is 31.4 Å². The van der Waals surface area contributed by atoms with E-state index in [2.05, 4.69) is 20.4 Å². The molecule has 5 rings (SSSR count). The van der Waals surface area contributed by atoms with Gasteiger partial charge in [0.2, 0.25) is 0 Å². The summed E-state index contributed by atoms with van der Waals surface area (Å²) in [5.74, 6) is 0.341. The van der Waals surface area contributed by atoms with E-state index in [0.29, 0.717) is 22.8 Å². The van der Waals surface area contributed by atoms with Crippen LogP contribution in [-0.2, 0) is 0 Å². The molecule has 0 aliphatic heterocycles. The number of hydrogen-bond acceptors (Lipinski definition) is 7. The van der Waals surface area contributed by atoms with Gasteiger partial charge in [-0.05, 0) is 54.4 Å². The third-order valence-corrected chi connectivity index (χ3v) is 5.54. The number of ketones is 1. The topological polar surface area (TPSA) is 142 Å². The van der Waals surface area contributed by atoms with Crippen LogP contribution >= 0.6 is 0 Å². The number of nitrogens with one attached hydrogen (secondary N) is 1. The van der Waals surface area contributed by atoms with Crippen LogP contribution in [0.1, 0.15) is 33.2 Å². The molecule has 0 saturated heterocycles. The second-order valence-corrected chi connectivity index (χ2v) is 7.97.